The molecule has 5 aromatic rings. The molecular weight excluding hydrogens is 502 g/mol. The average molecular weight is 530 g/mol. The molecule has 0 radical (unpaired) electrons. The minimum atomic E-state index is -0.656. The number of nitrogens with one attached hydrogen (secondary N) is 1. The maximum absolute atomic E-state index is 10.9. The Morgan fingerprint density at radius 3 is 2.49 bits per heavy atom. The van der Waals surface area contributed by atoms with Crippen LogP contribution in [0.15, 0.2) is 95.5 Å². The first-order valence-corrected chi connectivity index (χ1v) is 12.5. The van der Waals surface area contributed by atoms with Crippen molar-refractivity contribution in [2.24, 2.45) is 0 Å². The number of nitrogens with zero attached hydrogens (tertiary/aromatic N) is 1. The number of aliphatic hydroxyl groups is 1. The monoisotopic (exact) mass is 529 g/mol. The molecule has 178 valence electrons. The number of aromatic nitrogens is 1. The first-order valence-electron chi connectivity index (χ1n) is 11.7. The Labute approximate surface area is 213 Å². The molecule has 0 fully saturated rings. The number of para-hydroxylation sites is 1. The van der Waals surface area contributed by atoms with Crippen molar-refractivity contribution in [3.63, 3.8) is 0 Å². The van der Waals surface area contributed by atoms with Crippen LogP contribution in [0.4, 0.5) is 5.69 Å². The molecule has 1 aromatic heterocycles. The van der Waals surface area contributed by atoms with Crippen molar-refractivity contribution in [3.8, 4) is 5.75 Å². The van der Waals surface area contributed by atoms with Crippen LogP contribution in [0.3, 0.4) is 0 Å². The Bertz CT molecular complexity index is 1430. The number of hydrogen-bond donors (Lipinski definition) is 3. The summed E-state index contributed by atoms with van der Waals surface area (Å²) in [5.41, 5.74) is 10.8. The Morgan fingerprint density at radius 1 is 0.886 bits per heavy atom. The number of ether oxygens (including phenoxy) is 1. The van der Waals surface area contributed by atoms with Crippen LogP contribution in [0.25, 0.3) is 21.8 Å². The van der Waals surface area contributed by atoms with Crippen molar-refractivity contribution < 1.29 is 9.84 Å². The Hall–Kier alpha value is -3.32. The summed E-state index contributed by atoms with van der Waals surface area (Å²) >= 11 is 3.42. The van der Waals surface area contributed by atoms with E-state index in [0.717, 1.165) is 26.8 Å². The van der Waals surface area contributed by atoms with Crippen LogP contribution >= 0.6 is 15.9 Å². The second-order valence-electron chi connectivity index (χ2n) is 8.74. The number of nitrogens with two attached hydrogens (primary N) is 1. The fraction of sp³-hybridized carbons (Fsp3) is 0.172. The van der Waals surface area contributed by atoms with Crippen molar-refractivity contribution in [3.05, 3.63) is 107 Å². The minimum Gasteiger partial charge on any atom is -0.492 e. The molecule has 4 N–H and O–H groups in total. The van der Waals surface area contributed by atoms with Crippen molar-refractivity contribution >= 4 is 43.4 Å². The van der Waals surface area contributed by atoms with Gasteiger partial charge in [0.15, 0.2) is 0 Å². The molecule has 6 heteroatoms. The highest BCUT2D eigenvalue weighted by atomic mass is 79.9. The van der Waals surface area contributed by atoms with Crippen LogP contribution in [-0.2, 0) is 6.54 Å². The third-order valence-corrected chi connectivity index (χ3v) is 6.96. The van der Waals surface area contributed by atoms with Gasteiger partial charge in [0.2, 0.25) is 0 Å². The SMILES string of the molecule is Nc1cc([C@@H](O)CN(CCOc2ccc3c(c2)[nH]c2ccccc23)Cc2ccccc2)ccc1Br. The minimum absolute atomic E-state index is 0.473. The van der Waals surface area contributed by atoms with Gasteiger partial charge in [0.05, 0.1) is 11.6 Å². The summed E-state index contributed by atoms with van der Waals surface area (Å²) in [7, 11) is 0. The van der Waals surface area contributed by atoms with E-state index in [1.807, 2.05) is 48.5 Å². The van der Waals surface area contributed by atoms with Crippen molar-refractivity contribution in [1.29, 1.82) is 0 Å². The molecule has 0 amide bonds. The number of benzene rings is 4. The molecule has 1 heterocycles. The van der Waals surface area contributed by atoms with Gasteiger partial charge >= 0.3 is 0 Å². The number of nitrogen functional groups attached to an aromatic ring is 1. The van der Waals surface area contributed by atoms with E-state index >= 15 is 0 Å². The highest BCUT2D eigenvalue weighted by Crippen LogP contribution is 2.28. The van der Waals surface area contributed by atoms with Crippen molar-refractivity contribution in [1.82, 2.24) is 9.88 Å². The molecule has 35 heavy (non-hydrogen) atoms. The van der Waals surface area contributed by atoms with Gasteiger partial charge in [0, 0.05) is 52.1 Å². The summed E-state index contributed by atoms with van der Waals surface area (Å²) in [6.07, 6.45) is -0.656. The van der Waals surface area contributed by atoms with E-state index in [1.165, 1.54) is 16.3 Å². The Morgan fingerprint density at radius 2 is 1.66 bits per heavy atom. The summed E-state index contributed by atoms with van der Waals surface area (Å²) in [5, 5.41) is 13.3. The molecular formula is C29H28BrN3O2. The van der Waals surface area contributed by atoms with Gasteiger partial charge in [-0.3, -0.25) is 4.90 Å². The van der Waals surface area contributed by atoms with E-state index < -0.39 is 6.10 Å². The second-order valence-corrected chi connectivity index (χ2v) is 9.60. The van der Waals surface area contributed by atoms with E-state index in [-0.39, 0.29) is 0 Å². The van der Waals surface area contributed by atoms with E-state index in [4.69, 9.17) is 10.5 Å². The Balaban J connectivity index is 1.27. The summed E-state index contributed by atoms with van der Waals surface area (Å²) in [5.74, 6) is 0.824. The molecule has 0 saturated heterocycles. The van der Waals surface area contributed by atoms with Crippen LogP contribution in [-0.4, -0.2) is 34.7 Å². The number of halogens is 1. The first kappa shape index (κ1) is 23.4. The lowest BCUT2D eigenvalue weighted by Gasteiger charge is -2.25. The normalized spacial score (nSPS) is 12.4. The molecule has 0 aliphatic carbocycles. The largest absolute Gasteiger partial charge is 0.492 e. The molecule has 5 nitrogen and oxygen atoms in total. The van der Waals surface area contributed by atoms with Gasteiger partial charge in [0.25, 0.3) is 0 Å². The first-order chi connectivity index (χ1) is 17.1. The number of H-pyrrole nitrogens is 1. The van der Waals surface area contributed by atoms with Gasteiger partial charge in [-0.25, -0.2) is 0 Å². The van der Waals surface area contributed by atoms with E-state index in [9.17, 15) is 5.11 Å². The zero-order valence-electron chi connectivity index (χ0n) is 19.3. The van der Waals surface area contributed by atoms with Crippen LogP contribution < -0.4 is 10.5 Å². The highest BCUT2D eigenvalue weighted by molar-refractivity contribution is 9.10. The van der Waals surface area contributed by atoms with Crippen LogP contribution in [0, 0.1) is 0 Å². The quantitative estimate of drug-likeness (QED) is 0.196. The third kappa shape index (κ3) is 5.51. The van der Waals surface area contributed by atoms with E-state index in [0.29, 0.717) is 31.9 Å². The number of hydrogen-bond acceptors (Lipinski definition) is 4. The molecule has 0 bridgehead atoms. The molecule has 0 aliphatic rings. The van der Waals surface area contributed by atoms with Crippen LogP contribution in [0.5, 0.6) is 5.75 Å². The lowest BCUT2D eigenvalue weighted by Crippen LogP contribution is -2.32. The smallest absolute Gasteiger partial charge is 0.121 e. The Kier molecular flexibility index (Phi) is 7.04. The maximum Gasteiger partial charge on any atom is 0.121 e. The second kappa shape index (κ2) is 10.5. The summed E-state index contributed by atoms with van der Waals surface area (Å²) in [6, 6.07) is 30.3. The maximum atomic E-state index is 10.9. The molecule has 1 atom stereocenters. The fourth-order valence-electron chi connectivity index (χ4n) is 4.41. The molecule has 0 spiro atoms. The van der Waals surface area contributed by atoms with Gasteiger partial charge in [0.1, 0.15) is 12.4 Å². The molecule has 4 aromatic carbocycles. The van der Waals surface area contributed by atoms with Crippen molar-refractivity contribution in [2.45, 2.75) is 12.6 Å². The summed E-state index contributed by atoms with van der Waals surface area (Å²) < 4.78 is 6.96. The number of fused-ring (bicyclic) bond motifs is 3. The van der Waals surface area contributed by atoms with Gasteiger partial charge in [-0.15, -0.1) is 0 Å². The summed E-state index contributed by atoms with van der Waals surface area (Å²) in [4.78, 5) is 5.67. The van der Waals surface area contributed by atoms with Gasteiger partial charge in [-0.05, 0) is 57.4 Å². The van der Waals surface area contributed by atoms with Crippen LogP contribution in [0.2, 0.25) is 0 Å². The number of aliphatic hydroxyl groups excluding tert-OH is 1. The highest BCUT2D eigenvalue weighted by Gasteiger charge is 2.16. The zero-order chi connectivity index (χ0) is 24.2. The number of aromatic amines is 1. The predicted octanol–water partition coefficient (Wildman–Crippen LogP) is 6.28. The van der Waals surface area contributed by atoms with E-state index in [2.05, 4.69) is 68.3 Å². The van der Waals surface area contributed by atoms with E-state index in [1.54, 1.807) is 0 Å². The lowest BCUT2D eigenvalue weighted by atomic mass is 10.1. The van der Waals surface area contributed by atoms with Gasteiger partial charge in [-0.2, -0.15) is 0 Å². The molecule has 0 aliphatic heterocycles. The molecule has 0 unspecified atom stereocenters. The fourth-order valence-corrected chi connectivity index (χ4v) is 4.66. The van der Waals surface area contributed by atoms with Gasteiger partial charge < -0.3 is 20.6 Å². The number of anilines is 1. The number of rotatable bonds is 9. The third-order valence-electron chi connectivity index (χ3n) is 6.24. The molecule has 5 rings (SSSR count). The zero-order valence-corrected chi connectivity index (χ0v) is 20.9. The summed E-state index contributed by atoms with van der Waals surface area (Å²) in [6.45, 7) is 2.37. The van der Waals surface area contributed by atoms with Crippen molar-refractivity contribution in [2.75, 3.05) is 25.4 Å². The average Bonchev–Trinajstić information content (AvgIpc) is 3.24. The molecule has 0 saturated carbocycles. The lowest BCUT2D eigenvalue weighted by molar-refractivity contribution is 0.0986. The van der Waals surface area contributed by atoms with Crippen LogP contribution in [0.1, 0.15) is 17.2 Å². The predicted molar refractivity (Wildman–Crippen MR) is 147 cm³/mol. The topological polar surface area (TPSA) is 74.5 Å². The standard InChI is InChI=1S/C29H28BrN3O2/c30-25-13-10-21(16-26(25)31)29(34)19-33(18-20-6-2-1-3-7-20)14-15-35-22-11-12-24-23-8-4-5-9-27(23)32-28(24)17-22/h1-13,16-17,29,32,34H,14-15,18-19,31H2/t29-/m0/s1. The van der Waals surface area contributed by atoms with Gasteiger partial charge in [-0.1, -0.05) is 54.6 Å².